The first-order valence-corrected chi connectivity index (χ1v) is 7.96. The average Bonchev–Trinajstić information content (AvgIpc) is 2.97. The molecule has 0 aliphatic carbocycles. The van der Waals surface area contributed by atoms with Gasteiger partial charge in [0.25, 0.3) is 0 Å². The van der Waals surface area contributed by atoms with Gasteiger partial charge < -0.3 is 10.1 Å². The van der Waals surface area contributed by atoms with Crippen molar-refractivity contribution in [1.29, 1.82) is 0 Å². The minimum Gasteiger partial charge on any atom is -0.497 e. The Labute approximate surface area is 121 Å². The molecule has 0 radical (unpaired) electrons. The summed E-state index contributed by atoms with van der Waals surface area (Å²) >= 11 is 3.30. The topological polar surface area (TPSA) is 47.0 Å². The Kier molecular flexibility index (Phi) is 5.62. The lowest BCUT2D eigenvalue weighted by Gasteiger charge is -2.18. The van der Waals surface area contributed by atoms with Gasteiger partial charge in [-0.15, -0.1) is 10.2 Å². The van der Waals surface area contributed by atoms with Gasteiger partial charge in [-0.2, -0.15) is 0 Å². The minimum absolute atomic E-state index is 0.286. The fourth-order valence-corrected chi connectivity index (χ4v) is 3.37. The van der Waals surface area contributed by atoms with Crippen LogP contribution in [0.15, 0.2) is 34.1 Å². The van der Waals surface area contributed by atoms with Gasteiger partial charge in [-0.05, 0) is 24.2 Å². The molecule has 6 heteroatoms. The van der Waals surface area contributed by atoms with Gasteiger partial charge in [0.2, 0.25) is 0 Å². The van der Waals surface area contributed by atoms with Crippen LogP contribution in [0.3, 0.4) is 0 Å². The summed E-state index contributed by atoms with van der Waals surface area (Å²) in [6.07, 6.45) is 0. The molecule has 1 unspecified atom stereocenters. The number of aromatic nitrogens is 2. The Morgan fingerprint density at radius 1 is 1.47 bits per heavy atom. The van der Waals surface area contributed by atoms with E-state index < -0.39 is 0 Å². The molecule has 1 atom stereocenters. The summed E-state index contributed by atoms with van der Waals surface area (Å²) in [4.78, 5) is 0. The molecule has 0 aliphatic rings. The molecule has 4 nitrogen and oxygen atoms in total. The zero-order valence-electron chi connectivity index (χ0n) is 11.0. The number of nitrogens with one attached hydrogen (secondary N) is 1. The van der Waals surface area contributed by atoms with E-state index in [2.05, 4.69) is 34.6 Å². The van der Waals surface area contributed by atoms with Gasteiger partial charge in [-0.25, -0.2) is 0 Å². The highest BCUT2D eigenvalue weighted by Gasteiger charge is 2.12. The number of ether oxygens (including phenoxy) is 1. The van der Waals surface area contributed by atoms with E-state index >= 15 is 0 Å². The van der Waals surface area contributed by atoms with Gasteiger partial charge in [0, 0.05) is 11.8 Å². The summed E-state index contributed by atoms with van der Waals surface area (Å²) < 4.78 is 6.28. The van der Waals surface area contributed by atoms with Gasteiger partial charge in [0.15, 0.2) is 4.34 Å². The molecule has 1 aromatic carbocycles. The van der Waals surface area contributed by atoms with Gasteiger partial charge in [-0.1, -0.05) is 42.2 Å². The third-order valence-corrected chi connectivity index (χ3v) is 4.61. The lowest BCUT2D eigenvalue weighted by atomic mass is 10.1. The van der Waals surface area contributed by atoms with Crippen LogP contribution in [0.5, 0.6) is 5.75 Å². The monoisotopic (exact) mass is 295 g/mol. The summed E-state index contributed by atoms with van der Waals surface area (Å²) in [6, 6.07) is 8.47. The van der Waals surface area contributed by atoms with E-state index in [4.69, 9.17) is 4.74 Å². The van der Waals surface area contributed by atoms with Crippen molar-refractivity contribution in [3.8, 4) is 5.75 Å². The van der Waals surface area contributed by atoms with Crippen LogP contribution in [0.1, 0.15) is 18.5 Å². The van der Waals surface area contributed by atoms with Crippen LogP contribution in [0.4, 0.5) is 0 Å². The number of methoxy groups -OCH3 is 1. The maximum atomic E-state index is 5.28. The predicted molar refractivity (Wildman–Crippen MR) is 80.0 cm³/mol. The fourth-order valence-electron chi connectivity index (χ4n) is 1.76. The molecule has 19 heavy (non-hydrogen) atoms. The molecule has 0 bridgehead atoms. The van der Waals surface area contributed by atoms with Crippen molar-refractivity contribution in [3.05, 3.63) is 35.3 Å². The molecule has 2 aromatic rings. The largest absolute Gasteiger partial charge is 0.497 e. The average molecular weight is 295 g/mol. The number of hydrogen-bond donors (Lipinski definition) is 1. The molecule has 2 rings (SSSR count). The third-order valence-electron chi connectivity index (χ3n) is 2.66. The maximum Gasteiger partial charge on any atom is 0.174 e. The normalized spacial score (nSPS) is 12.3. The summed E-state index contributed by atoms with van der Waals surface area (Å²) in [5.74, 6) is 1.82. The van der Waals surface area contributed by atoms with Gasteiger partial charge >= 0.3 is 0 Å². The van der Waals surface area contributed by atoms with Gasteiger partial charge in [-0.3, -0.25) is 0 Å². The van der Waals surface area contributed by atoms with Crippen LogP contribution >= 0.6 is 23.1 Å². The van der Waals surface area contributed by atoms with E-state index in [1.807, 2.05) is 12.1 Å². The van der Waals surface area contributed by atoms with Crippen LogP contribution in [0.2, 0.25) is 0 Å². The van der Waals surface area contributed by atoms with Crippen molar-refractivity contribution in [2.45, 2.75) is 17.3 Å². The van der Waals surface area contributed by atoms with E-state index in [-0.39, 0.29) is 6.04 Å². The summed E-state index contributed by atoms with van der Waals surface area (Å²) in [5.41, 5.74) is 2.99. The van der Waals surface area contributed by atoms with E-state index in [0.29, 0.717) is 0 Å². The highest BCUT2D eigenvalue weighted by atomic mass is 32.2. The SMILES string of the molecule is CCNC(CSc1nncs1)c1cccc(OC)c1. The molecule has 0 aliphatic heterocycles. The zero-order chi connectivity index (χ0) is 13.5. The molecular formula is C13H17N3OS2. The fraction of sp³-hybridized carbons (Fsp3) is 0.385. The maximum absolute atomic E-state index is 5.28. The summed E-state index contributed by atoms with van der Waals surface area (Å²) in [6.45, 7) is 3.04. The minimum atomic E-state index is 0.286. The number of rotatable bonds is 7. The van der Waals surface area contributed by atoms with Crippen molar-refractivity contribution in [2.75, 3.05) is 19.4 Å². The second kappa shape index (κ2) is 7.47. The molecule has 102 valence electrons. The Hall–Kier alpha value is -1.11. The summed E-state index contributed by atoms with van der Waals surface area (Å²) in [7, 11) is 1.69. The van der Waals surface area contributed by atoms with Crippen LogP contribution < -0.4 is 10.1 Å². The van der Waals surface area contributed by atoms with Crippen LogP contribution in [-0.2, 0) is 0 Å². The first-order valence-electron chi connectivity index (χ1n) is 6.09. The number of hydrogen-bond acceptors (Lipinski definition) is 6. The zero-order valence-corrected chi connectivity index (χ0v) is 12.6. The molecule has 1 N–H and O–H groups in total. The van der Waals surface area contributed by atoms with Crippen molar-refractivity contribution in [2.24, 2.45) is 0 Å². The van der Waals surface area contributed by atoms with E-state index in [9.17, 15) is 0 Å². The number of nitrogens with zero attached hydrogens (tertiary/aromatic N) is 2. The van der Waals surface area contributed by atoms with E-state index in [0.717, 1.165) is 22.4 Å². The van der Waals surface area contributed by atoms with Gasteiger partial charge in [0.05, 0.1) is 7.11 Å². The number of thioether (sulfide) groups is 1. The highest BCUT2D eigenvalue weighted by Crippen LogP contribution is 2.27. The summed E-state index contributed by atoms with van der Waals surface area (Å²) in [5, 5.41) is 11.4. The Balaban J connectivity index is 2.05. The van der Waals surface area contributed by atoms with Crippen LogP contribution in [0, 0.1) is 0 Å². The lowest BCUT2D eigenvalue weighted by molar-refractivity contribution is 0.413. The van der Waals surface area contributed by atoms with Crippen LogP contribution in [0.25, 0.3) is 0 Å². The van der Waals surface area contributed by atoms with Crippen molar-refractivity contribution < 1.29 is 4.74 Å². The first-order chi connectivity index (χ1) is 9.33. The molecule has 1 heterocycles. The number of benzene rings is 1. The standard InChI is InChI=1S/C13H17N3OS2/c1-3-14-12(8-18-13-16-15-9-19-13)10-5-4-6-11(7-10)17-2/h4-7,9,12,14H,3,8H2,1-2H3. The molecule has 0 saturated carbocycles. The molecule has 0 fully saturated rings. The van der Waals surface area contributed by atoms with Crippen molar-refractivity contribution in [1.82, 2.24) is 15.5 Å². The lowest BCUT2D eigenvalue weighted by Crippen LogP contribution is -2.22. The Bertz CT molecular complexity index is 490. The molecule has 0 spiro atoms. The van der Waals surface area contributed by atoms with Gasteiger partial charge in [0.1, 0.15) is 11.3 Å². The second-order valence-electron chi connectivity index (χ2n) is 3.90. The van der Waals surface area contributed by atoms with Crippen molar-refractivity contribution >= 4 is 23.1 Å². The quantitative estimate of drug-likeness (QED) is 0.796. The molecule has 0 saturated heterocycles. The third kappa shape index (κ3) is 4.19. The smallest absolute Gasteiger partial charge is 0.174 e. The molecule has 1 aromatic heterocycles. The van der Waals surface area contributed by atoms with E-state index in [1.165, 1.54) is 5.56 Å². The molecule has 0 amide bonds. The molecular weight excluding hydrogens is 278 g/mol. The Morgan fingerprint density at radius 2 is 2.37 bits per heavy atom. The second-order valence-corrected chi connectivity index (χ2v) is 6.00. The Morgan fingerprint density at radius 3 is 3.05 bits per heavy atom. The highest BCUT2D eigenvalue weighted by molar-refractivity contribution is 8.01. The van der Waals surface area contributed by atoms with Crippen LogP contribution in [-0.4, -0.2) is 29.6 Å². The first kappa shape index (κ1) is 14.3. The van der Waals surface area contributed by atoms with E-state index in [1.54, 1.807) is 35.7 Å². The predicted octanol–water partition coefficient (Wildman–Crippen LogP) is 2.99. The van der Waals surface area contributed by atoms with Crippen molar-refractivity contribution in [3.63, 3.8) is 0 Å².